The van der Waals surface area contributed by atoms with Gasteiger partial charge in [0.25, 0.3) is 0 Å². The number of methoxy groups -OCH3 is 1. The molecule has 1 N–H and O–H groups in total. The van der Waals surface area contributed by atoms with Crippen LogP contribution in [-0.2, 0) is 9.53 Å². The average molecular weight is 240 g/mol. The summed E-state index contributed by atoms with van der Waals surface area (Å²) in [7, 11) is 1.66. The monoisotopic (exact) mass is 240 g/mol. The van der Waals surface area contributed by atoms with Crippen molar-refractivity contribution in [3.63, 3.8) is 0 Å². The number of nitrogens with zero attached hydrogens (tertiary/aromatic N) is 1. The second kappa shape index (κ2) is 6.77. The molecule has 0 saturated carbocycles. The fourth-order valence-corrected chi connectivity index (χ4v) is 2.35. The van der Waals surface area contributed by atoms with Gasteiger partial charge in [0.2, 0.25) is 5.91 Å². The van der Waals surface area contributed by atoms with Crippen LogP contribution in [0.25, 0.3) is 0 Å². The van der Waals surface area contributed by atoms with Gasteiger partial charge in [-0.25, -0.2) is 0 Å². The van der Waals surface area contributed by atoms with Crippen LogP contribution in [-0.4, -0.2) is 50.7 Å². The van der Waals surface area contributed by atoms with Gasteiger partial charge in [0.1, 0.15) is 0 Å². The van der Waals surface area contributed by atoms with Crippen LogP contribution in [0.5, 0.6) is 0 Å². The number of nitrogens with one attached hydrogen (secondary N) is 1. The second-order valence-corrected chi connectivity index (χ2v) is 4.59. The summed E-state index contributed by atoms with van der Waals surface area (Å²) in [5.41, 5.74) is -0.212. The smallest absolute Gasteiger partial charge is 0.230 e. The Balaban J connectivity index is 2.70. The zero-order chi connectivity index (χ0) is 12.7. The maximum absolute atomic E-state index is 12.6. The summed E-state index contributed by atoms with van der Waals surface area (Å²) in [6.45, 7) is 9.36. The van der Waals surface area contributed by atoms with Crippen LogP contribution in [0.1, 0.15) is 19.8 Å². The molecule has 0 radical (unpaired) electrons. The van der Waals surface area contributed by atoms with E-state index in [0.29, 0.717) is 19.7 Å². The largest absolute Gasteiger partial charge is 0.383 e. The summed E-state index contributed by atoms with van der Waals surface area (Å²) >= 11 is 0. The van der Waals surface area contributed by atoms with Gasteiger partial charge in [-0.3, -0.25) is 4.79 Å². The van der Waals surface area contributed by atoms with Crippen molar-refractivity contribution in [1.29, 1.82) is 0 Å². The van der Waals surface area contributed by atoms with Crippen molar-refractivity contribution in [2.75, 3.05) is 39.9 Å². The highest BCUT2D eigenvalue weighted by Crippen LogP contribution is 2.31. The lowest BCUT2D eigenvalue weighted by Gasteiger charge is -2.32. The van der Waals surface area contributed by atoms with Crippen LogP contribution in [0, 0.1) is 5.41 Å². The van der Waals surface area contributed by atoms with Crippen molar-refractivity contribution in [3.05, 3.63) is 12.7 Å². The van der Waals surface area contributed by atoms with Crippen molar-refractivity contribution >= 4 is 5.91 Å². The van der Waals surface area contributed by atoms with Gasteiger partial charge in [-0.15, -0.1) is 6.58 Å². The van der Waals surface area contributed by atoms with Crippen molar-refractivity contribution in [1.82, 2.24) is 10.2 Å². The van der Waals surface area contributed by atoms with Crippen LogP contribution >= 0.6 is 0 Å². The van der Waals surface area contributed by atoms with E-state index in [9.17, 15) is 4.79 Å². The molecular formula is C13H24N2O2. The van der Waals surface area contributed by atoms with E-state index in [1.54, 1.807) is 13.2 Å². The van der Waals surface area contributed by atoms with Gasteiger partial charge >= 0.3 is 0 Å². The van der Waals surface area contributed by atoms with Gasteiger partial charge in [0, 0.05) is 26.7 Å². The quantitative estimate of drug-likeness (QED) is 0.676. The molecule has 1 amide bonds. The SMILES string of the molecule is C=CCN(CCOC)C(=O)C1(CC)CCNC1. The maximum Gasteiger partial charge on any atom is 0.230 e. The summed E-state index contributed by atoms with van der Waals surface area (Å²) in [4.78, 5) is 14.4. The Hall–Kier alpha value is -0.870. The van der Waals surface area contributed by atoms with Crippen LogP contribution in [0.4, 0.5) is 0 Å². The minimum atomic E-state index is -0.212. The molecule has 4 nitrogen and oxygen atoms in total. The highest BCUT2D eigenvalue weighted by Gasteiger charge is 2.41. The maximum atomic E-state index is 12.6. The normalized spacial score (nSPS) is 23.6. The summed E-state index contributed by atoms with van der Waals surface area (Å²) in [6, 6.07) is 0. The van der Waals surface area contributed by atoms with E-state index in [0.717, 1.165) is 25.9 Å². The standard InChI is InChI=1S/C13H24N2O2/c1-4-8-15(9-10-17-3)12(16)13(5-2)6-7-14-11-13/h4,14H,1,5-11H2,2-3H3. The van der Waals surface area contributed by atoms with Gasteiger partial charge in [-0.05, 0) is 19.4 Å². The van der Waals surface area contributed by atoms with Crippen molar-refractivity contribution < 1.29 is 9.53 Å². The Bertz CT molecular complexity index is 260. The number of carbonyl (C=O) groups is 1. The third kappa shape index (κ3) is 3.30. The molecular weight excluding hydrogens is 216 g/mol. The number of carbonyl (C=O) groups excluding carboxylic acids is 1. The highest BCUT2D eigenvalue weighted by molar-refractivity contribution is 5.83. The molecule has 1 unspecified atom stereocenters. The molecule has 0 aromatic carbocycles. The molecule has 0 spiro atoms. The molecule has 0 aromatic rings. The van der Waals surface area contributed by atoms with E-state index in [1.165, 1.54) is 0 Å². The number of ether oxygens (including phenoxy) is 1. The Morgan fingerprint density at radius 3 is 2.88 bits per heavy atom. The molecule has 98 valence electrons. The van der Waals surface area contributed by atoms with Crippen molar-refractivity contribution in [3.8, 4) is 0 Å². The molecule has 1 aliphatic heterocycles. The molecule has 0 aliphatic carbocycles. The van der Waals surface area contributed by atoms with Crippen LogP contribution in [0.15, 0.2) is 12.7 Å². The number of rotatable bonds is 7. The summed E-state index contributed by atoms with van der Waals surface area (Å²) < 4.78 is 5.05. The van der Waals surface area contributed by atoms with Gasteiger partial charge in [-0.2, -0.15) is 0 Å². The first kappa shape index (κ1) is 14.2. The Morgan fingerprint density at radius 1 is 1.65 bits per heavy atom. The first-order chi connectivity index (χ1) is 8.20. The van der Waals surface area contributed by atoms with Crippen LogP contribution < -0.4 is 5.32 Å². The summed E-state index contributed by atoms with van der Waals surface area (Å²) in [6.07, 6.45) is 3.60. The summed E-state index contributed by atoms with van der Waals surface area (Å²) in [5, 5.41) is 3.29. The molecule has 1 saturated heterocycles. The topological polar surface area (TPSA) is 41.6 Å². The summed E-state index contributed by atoms with van der Waals surface area (Å²) in [5.74, 6) is 0.238. The van der Waals surface area contributed by atoms with Crippen molar-refractivity contribution in [2.24, 2.45) is 5.41 Å². The molecule has 0 aromatic heterocycles. The van der Waals surface area contributed by atoms with Gasteiger partial charge in [0.05, 0.1) is 12.0 Å². The lowest BCUT2D eigenvalue weighted by molar-refractivity contribution is -0.141. The Kier molecular flexibility index (Phi) is 5.65. The van der Waals surface area contributed by atoms with Gasteiger partial charge in [0.15, 0.2) is 0 Å². The predicted octanol–water partition coefficient (Wildman–Crippen LogP) is 1.04. The van der Waals surface area contributed by atoms with E-state index in [2.05, 4.69) is 18.8 Å². The molecule has 1 fully saturated rings. The minimum absolute atomic E-state index is 0.212. The third-order valence-electron chi connectivity index (χ3n) is 3.58. The van der Waals surface area contributed by atoms with Crippen molar-refractivity contribution in [2.45, 2.75) is 19.8 Å². The van der Waals surface area contributed by atoms with Crippen LogP contribution in [0.2, 0.25) is 0 Å². The highest BCUT2D eigenvalue weighted by atomic mass is 16.5. The fraction of sp³-hybridized carbons (Fsp3) is 0.769. The van der Waals surface area contributed by atoms with Crippen LogP contribution in [0.3, 0.4) is 0 Å². The number of amides is 1. The zero-order valence-corrected chi connectivity index (χ0v) is 11.0. The Labute approximate surface area is 104 Å². The first-order valence-electron chi connectivity index (χ1n) is 6.30. The molecule has 1 aliphatic rings. The predicted molar refractivity (Wildman–Crippen MR) is 68.9 cm³/mol. The van der Waals surface area contributed by atoms with Gasteiger partial charge < -0.3 is 15.0 Å². The molecule has 1 atom stereocenters. The first-order valence-corrected chi connectivity index (χ1v) is 6.30. The zero-order valence-electron chi connectivity index (χ0n) is 11.0. The van der Waals surface area contributed by atoms with E-state index in [1.807, 2.05) is 4.90 Å². The molecule has 0 bridgehead atoms. The number of hydrogen-bond acceptors (Lipinski definition) is 3. The van der Waals surface area contributed by atoms with E-state index in [-0.39, 0.29) is 11.3 Å². The average Bonchev–Trinajstić information content (AvgIpc) is 2.83. The van der Waals surface area contributed by atoms with E-state index >= 15 is 0 Å². The third-order valence-corrected chi connectivity index (χ3v) is 3.58. The molecule has 1 heterocycles. The lowest BCUT2D eigenvalue weighted by Crippen LogP contribution is -2.46. The molecule has 4 heteroatoms. The molecule has 1 rings (SSSR count). The van der Waals surface area contributed by atoms with E-state index < -0.39 is 0 Å². The Morgan fingerprint density at radius 2 is 2.41 bits per heavy atom. The fourth-order valence-electron chi connectivity index (χ4n) is 2.35. The number of hydrogen-bond donors (Lipinski definition) is 1. The second-order valence-electron chi connectivity index (χ2n) is 4.59. The lowest BCUT2D eigenvalue weighted by atomic mass is 9.82. The molecule has 17 heavy (non-hydrogen) atoms. The minimum Gasteiger partial charge on any atom is -0.383 e. The van der Waals surface area contributed by atoms with E-state index in [4.69, 9.17) is 4.74 Å². The van der Waals surface area contributed by atoms with Gasteiger partial charge in [-0.1, -0.05) is 13.0 Å².